The molecule has 1 saturated heterocycles. The normalized spacial score (nSPS) is 14.0. The van der Waals surface area contributed by atoms with Crippen LogP contribution in [0, 0.1) is 0 Å². The van der Waals surface area contributed by atoms with E-state index in [2.05, 4.69) is 10.1 Å². The number of nitrogens with zero attached hydrogens (tertiary/aromatic N) is 1. The molecule has 7 nitrogen and oxygen atoms in total. The summed E-state index contributed by atoms with van der Waals surface area (Å²) in [5.41, 5.74) is 2.00. The maximum Gasteiger partial charge on any atom is 0.573 e. The second-order valence-electron chi connectivity index (χ2n) is 9.19. The Morgan fingerprint density at radius 3 is 2.33 bits per heavy atom. The van der Waals surface area contributed by atoms with E-state index in [-0.39, 0.29) is 23.7 Å². The smallest absolute Gasteiger partial charge is 0.490 e. The molecule has 2 amide bonds. The number of halogens is 3. The van der Waals surface area contributed by atoms with E-state index in [1.807, 2.05) is 0 Å². The summed E-state index contributed by atoms with van der Waals surface area (Å²) in [5, 5.41) is 2.87. The van der Waals surface area contributed by atoms with Gasteiger partial charge < -0.3 is 24.1 Å². The van der Waals surface area contributed by atoms with Crippen molar-refractivity contribution >= 4 is 17.5 Å². The summed E-state index contributed by atoms with van der Waals surface area (Å²) >= 11 is 0. The standard InChI is InChI=1S/C30H25F3N2O5/c31-30(32,33)40-23-12-10-20(11-13-23)25-7-1-2-8-26(25)28(36)34-21-5-3-6-24(19-21)39-22-14-16-35(17-15-22)29(37)27-9-4-18-38-27/h1-13,18-19,22H,14-17H2,(H,34,36). The van der Waals surface area contributed by atoms with E-state index in [1.165, 1.54) is 30.5 Å². The molecular weight excluding hydrogens is 525 g/mol. The maximum absolute atomic E-state index is 13.2. The van der Waals surface area contributed by atoms with Gasteiger partial charge in [0.1, 0.15) is 17.6 Å². The highest BCUT2D eigenvalue weighted by molar-refractivity contribution is 6.08. The third kappa shape index (κ3) is 6.63. The van der Waals surface area contributed by atoms with Gasteiger partial charge in [-0.05, 0) is 53.6 Å². The molecule has 0 aliphatic carbocycles. The van der Waals surface area contributed by atoms with Crippen molar-refractivity contribution in [3.05, 3.63) is 103 Å². The van der Waals surface area contributed by atoms with E-state index >= 15 is 0 Å². The van der Waals surface area contributed by atoms with E-state index in [9.17, 15) is 22.8 Å². The number of benzene rings is 3. The van der Waals surface area contributed by atoms with E-state index in [4.69, 9.17) is 9.15 Å². The SMILES string of the molecule is O=C(Nc1cccc(OC2CCN(C(=O)c3ccco3)CC2)c1)c1ccccc1-c1ccc(OC(F)(F)F)cc1. The number of carbonyl (C=O) groups is 2. The number of hydrogen-bond acceptors (Lipinski definition) is 5. The molecule has 2 heterocycles. The van der Waals surface area contributed by atoms with E-state index in [1.54, 1.807) is 65.6 Å². The summed E-state index contributed by atoms with van der Waals surface area (Å²) in [4.78, 5) is 27.4. The molecule has 0 atom stereocenters. The fourth-order valence-electron chi connectivity index (χ4n) is 4.54. The van der Waals surface area contributed by atoms with Crippen molar-refractivity contribution in [2.24, 2.45) is 0 Å². The number of likely N-dealkylation sites (tertiary alicyclic amines) is 1. The fourth-order valence-corrected chi connectivity index (χ4v) is 4.54. The first kappa shape index (κ1) is 26.9. The molecule has 40 heavy (non-hydrogen) atoms. The molecule has 1 aliphatic rings. The van der Waals surface area contributed by atoms with Crippen LogP contribution in [0.25, 0.3) is 11.1 Å². The van der Waals surface area contributed by atoms with Crippen LogP contribution in [0.15, 0.2) is 95.6 Å². The second-order valence-corrected chi connectivity index (χ2v) is 9.19. The highest BCUT2D eigenvalue weighted by atomic mass is 19.4. The van der Waals surface area contributed by atoms with Gasteiger partial charge in [0, 0.05) is 43.2 Å². The number of ether oxygens (including phenoxy) is 2. The van der Waals surface area contributed by atoms with Gasteiger partial charge in [-0.25, -0.2) is 0 Å². The fraction of sp³-hybridized carbons (Fsp3) is 0.200. The highest BCUT2D eigenvalue weighted by Crippen LogP contribution is 2.29. The van der Waals surface area contributed by atoms with Crippen molar-refractivity contribution in [3.63, 3.8) is 0 Å². The van der Waals surface area contributed by atoms with E-state index in [0.29, 0.717) is 59.8 Å². The number of amides is 2. The highest BCUT2D eigenvalue weighted by Gasteiger charge is 2.31. The van der Waals surface area contributed by atoms with Gasteiger partial charge in [-0.2, -0.15) is 0 Å². The molecule has 3 aromatic carbocycles. The molecule has 0 radical (unpaired) electrons. The molecule has 0 unspecified atom stereocenters. The van der Waals surface area contributed by atoms with E-state index in [0.717, 1.165) is 0 Å². The van der Waals surface area contributed by atoms with Crippen LogP contribution in [0.5, 0.6) is 11.5 Å². The van der Waals surface area contributed by atoms with Crippen LogP contribution in [-0.4, -0.2) is 42.3 Å². The van der Waals surface area contributed by atoms with Crippen LogP contribution in [0.2, 0.25) is 0 Å². The topological polar surface area (TPSA) is 81.0 Å². The van der Waals surface area contributed by atoms with Gasteiger partial charge in [0.15, 0.2) is 5.76 Å². The van der Waals surface area contributed by atoms with Gasteiger partial charge in [-0.15, -0.1) is 13.2 Å². The maximum atomic E-state index is 13.2. The summed E-state index contributed by atoms with van der Waals surface area (Å²) in [6.07, 6.45) is -2.08. The first-order valence-corrected chi connectivity index (χ1v) is 12.6. The van der Waals surface area contributed by atoms with Gasteiger partial charge in [0.25, 0.3) is 11.8 Å². The van der Waals surface area contributed by atoms with Crippen LogP contribution in [0.3, 0.4) is 0 Å². The lowest BCUT2D eigenvalue weighted by Crippen LogP contribution is -2.41. The van der Waals surface area contributed by atoms with Crippen LogP contribution in [0.4, 0.5) is 18.9 Å². The monoisotopic (exact) mass is 550 g/mol. The average molecular weight is 551 g/mol. The van der Waals surface area contributed by atoms with Crippen molar-refractivity contribution < 1.29 is 36.7 Å². The molecule has 0 spiro atoms. The summed E-state index contributed by atoms with van der Waals surface area (Å²) in [5.74, 6) is 0.0379. The van der Waals surface area contributed by atoms with Gasteiger partial charge >= 0.3 is 6.36 Å². The second kappa shape index (κ2) is 11.6. The zero-order valence-corrected chi connectivity index (χ0v) is 21.2. The first-order valence-electron chi connectivity index (χ1n) is 12.6. The zero-order chi connectivity index (χ0) is 28.1. The molecule has 206 valence electrons. The number of rotatable bonds is 7. The third-order valence-electron chi connectivity index (χ3n) is 6.43. The van der Waals surface area contributed by atoms with Gasteiger partial charge in [0.2, 0.25) is 0 Å². The number of alkyl halides is 3. The Morgan fingerprint density at radius 1 is 0.875 bits per heavy atom. The average Bonchev–Trinajstić information content (AvgIpc) is 3.48. The molecule has 1 N–H and O–H groups in total. The Balaban J connectivity index is 1.21. The van der Waals surface area contributed by atoms with Gasteiger partial charge in [-0.1, -0.05) is 36.4 Å². The zero-order valence-electron chi connectivity index (χ0n) is 21.2. The minimum atomic E-state index is -4.78. The van der Waals surface area contributed by atoms with Crippen LogP contribution in [-0.2, 0) is 0 Å². The number of furan rings is 1. The molecule has 4 aromatic rings. The molecule has 5 rings (SSSR count). The molecular formula is C30H25F3N2O5. The Hall–Kier alpha value is -4.73. The molecule has 1 fully saturated rings. The van der Waals surface area contributed by atoms with Crippen molar-refractivity contribution in [2.75, 3.05) is 18.4 Å². The van der Waals surface area contributed by atoms with Crippen LogP contribution >= 0.6 is 0 Å². The quantitative estimate of drug-likeness (QED) is 0.274. The minimum Gasteiger partial charge on any atom is -0.490 e. The summed E-state index contributed by atoms with van der Waals surface area (Å²) < 4.78 is 52.7. The van der Waals surface area contributed by atoms with Gasteiger partial charge in [-0.3, -0.25) is 9.59 Å². The lowest BCUT2D eigenvalue weighted by atomic mass is 9.99. The predicted molar refractivity (Wildman–Crippen MR) is 141 cm³/mol. The number of nitrogens with one attached hydrogen (secondary N) is 1. The van der Waals surface area contributed by atoms with Crippen molar-refractivity contribution in [2.45, 2.75) is 25.3 Å². The van der Waals surface area contributed by atoms with Gasteiger partial charge in [0.05, 0.1) is 6.26 Å². The predicted octanol–water partition coefficient (Wildman–Crippen LogP) is 6.78. The lowest BCUT2D eigenvalue weighted by molar-refractivity contribution is -0.274. The van der Waals surface area contributed by atoms with Crippen LogP contribution < -0.4 is 14.8 Å². The third-order valence-corrected chi connectivity index (χ3v) is 6.43. The Morgan fingerprint density at radius 2 is 1.62 bits per heavy atom. The number of carbonyl (C=O) groups excluding carboxylic acids is 2. The summed E-state index contributed by atoms with van der Waals surface area (Å²) in [6, 6.07) is 22.5. The molecule has 10 heteroatoms. The minimum absolute atomic E-state index is 0.0865. The molecule has 1 aromatic heterocycles. The Kier molecular flexibility index (Phi) is 7.77. The summed E-state index contributed by atoms with van der Waals surface area (Å²) in [7, 11) is 0. The molecule has 1 aliphatic heterocycles. The van der Waals surface area contributed by atoms with Crippen molar-refractivity contribution in [3.8, 4) is 22.6 Å². The number of piperidine rings is 1. The van der Waals surface area contributed by atoms with E-state index < -0.39 is 6.36 Å². The molecule has 0 bridgehead atoms. The van der Waals surface area contributed by atoms with Crippen LogP contribution in [0.1, 0.15) is 33.8 Å². The molecule has 0 saturated carbocycles. The Labute approximate surface area is 228 Å². The largest absolute Gasteiger partial charge is 0.573 e. The Bertz CT molecular complexity index is 1460. The number of anilines is 1. The number of hydrogen-bond donors (Lipinski definition) is 1. The summed E-state index contributed by atoms with van der Waals surface area (Å²) in [6.45, 7) is 1.08. The van der Waals surface area contributed by atoms with Crippen molar-refractivity contribution in [1.29, 1.82) is 0 Å². The van der Waals surface area contributed by atoms with Crippen molar-refractivity contribution in [1.82, 2.24) is 4.90 Å². The first-order chi connectivity index (χ1) is 19.2. The lowest BCUT2D eigenvalue weighted by Gasteiger charge is -2.31.